The second kappa shape index (κ2) is 9.90. The molecule has 10 heteroatoms. The summed E-state index contributed by atoms with van der Waals surface area (Å²) >= 11 is 2.02. The van der Waals surface area contributed by atoms with Crippen LogP contribution in [-0.2, 0) is 14.3 Å². The number of aliphatic imine (C=N–C) groups is 1. The van der Waals surface area contributed by atoms with Crippen molar-refractivity contribution in [2.24, 2.45) is 4.99 Å². The first kappa shape index (κ1) is 23.4. The maximum absolute atomic E-state index is 12.5. The van der Waals surface area contributed by atoms with E-state index in [0.717, 1.165) is 0 Å². The van der Waals surface area contributed by atoms with Gasteiger partial charge < -0.3 is 28.4 Å². The van der Waals surface area contributed by atoms with E-state index in [1.54, 1.807) is 30.3 Å². The monoisotopic (exact) mass is 553 g/mol. The molecule has 2 aromatic rings. The van der Waals surface area contributed by atoms with Crippen LogP contribution in [0, 0.1) is 3.57 Å². The molecule has 1 aliphatic rings. The SMILES string of the molecule is COc1cc(/C=C2\N=C(c3cc(OC)c(OC)c(OC)c3)OC2=O)cc(I)c1OC(C)=O. The second-order valence-corrected chi connectivity index (χ2v) is 7.54. The highest BCUT2D eigenvalue weighted by atomic mass is 127. The number of rotatable bonds is 7. The van der Waals surface area contributed by atoms with Crippen LogP contribution in [0.25, 0.3) is 6.08 Å². The Kier molecular flexibility index (Phi) is 7.23. The molecule has 1 heterocycles. The molecule has 1 aliphatic heterocycles. The standard InChI is InChI=1S/C22H20INO8/c1-11(25)31-19-14(23)6-12(8-16(19)27-2)7-15-22(26)32-21(24-15)13-9-17(28-3)20(30-5)18(10-13)29-4/h6-10H,1-5H3/b15-7-. The summed E-state index contributed by atoms with van der Waals surface area (Å²) in [4.78, 5) is 28.1. The largest absolute Gasteiger partial charge is 0.493 e. The number of ether oxygens (including phenoxy) is 6. The number of carbonyl (C=O) groups excluding carboxylic acids is 2. The molecule has 3 rings (SSSR count). The zero-order chi connectivity index (χ0) is 23.4. The Bertz CT molecular complexity index is 1110. The third-order valence-electron chi connectivity index (χ3n) is 4.33. The van der Waals surface area contributed by atoms with E-state index in [4.69, 9.17) is 28.4 Å². The molecule has 0 atom stereocenters. The second-order valence-electron chi connectivity index (χ2n) is 6.38. The molecule has 0 aromatic heterocycles. The van der Waals surface area contributed by atoms with Crippen LogP contribution in [0.4, 0.5) is 0 Å². The first-order chi connectivity index (χ1) is 15.3. The summed E-state index contributed by atoms with van der Waals surface area (Å²) in [5.74, 6) is 0.875. The van der Waals surface area contributed by atoms with Crippen LogP contribution in [0.3, 0.4) is 0 Å². The lowest BCUT2D eigenvalue weighted by Gasteiger charge is -2.13. The molecule has 32 heavy (non-hydrogen) atoms. The van der Waals surface area contributed by atoms with E-state index in [-0.39, 0.29) is 11.6 Å². The molecule has 0 aliphatic carbocycles. The zero-order valence-corrected chi connectivity index (χ0v) is 20.1. The van der Waals surface area contributed by atoms with Crippen molar-refractivity contribution in [3.05, 3.63) is 44.7 Å². The molecule has 0 bridgehead atoms. The molecule has 0 N–H and O–H groups in total. The van der Waals surface area contributed by atoms with Gasteiger partial charge in [0, 0.05) is 12.5 Å². The fourth-order valence-electron chi connectivity index (χ4n) is 2.96. The van der Waals surface area contributed by atoms with Crippen LogP contribution < -0.4 is 23.7 Å². The lowest BCUT2D eigenvalue weighted by molar-refractivity contribution is -0.132. The van der Waals surface area contributed by atoms with E-state index in [0.29, 0.717) is 43.4 Å². The fourth-order valence-corrected chi connectivity index (χ4v) is 3.70. The van der Waals surface area contributed by atoms with E-state index in [9.17, 15) is 9.59 Å². The fraction of sp³-hybridized carbons (Fsp3) is 0.227. The number of benzene rings is 2. The van der Waals surface area contributed by atoms with Crippen molar-refractivity contribution in [2.75, 3.05) is 28.4 Å². The summed E-state index contributed by atoms with van der Waals surface area (Å²) in [6, 6.07) is 6.63. The number of methoxy groups -OCH3 is 4. The molecule has 2 aromatic carbocycles. The molecular formula is C22H20INO8. The normalized spacial score (nSPS) is 14.0. The molecule has 9 nitrogen and oxygen atoms in total. The van der Waals surface area contributed by atoms with E-state index in [1.807, 2.05) is 22.6 Å². The number of halogens is 1. The molecule has 0 unspecified atom stereocenters. The molecule has 0 fully saturated rings. The van der Waals surface area contributed by atoms with Crippen molar-refractivity contribution >= 4 is 46.5 Å². The van der Waals surface area contributed by atoms with Crippen LogP contribution in [-0.4, -0.2) is 46.3 Å². The first-order valence-corrected chi connectivity index (χ1v) is 10.3. The van der Waals surface area contributed by atoms with Gasteiger partial charge in [-0.3, -0.25) is 4.79 Å². The van der Waals surface area contributed by atoms with Gasteiger partial charge in [0.2, 0.25) is 11.6 Å². The van der Waals surface area contributed by atoms with Crippen molar-refractivity contribution in [2.45, 2.75) is 6.92 Å². The van der Waals surface area contributed by atoms with Crippen LogP contribution in [0.2, 0.25) is 0 Å². The maximum Gasteiger partial charge on any atom is 0.363 e. The Morgan fingerprint density at radius 2 is 1.53 bits per heavy atom. The Morgan fingerprint density at radius 3 is 2.06 bits per heavy atom. The van der Waals surface area contributed by atoms with Crippen LogP contribution in [0.15, 0.2) is 35.0 Å². The molecule has 0 amide bonds. The molecule has 0 spiro atoms. The Balaban J connectivity index is 2.01. The number of hydrogen-bond acceptors (Lipinski definition) is 9. The minimum atomic E-state index is -0.619. The highest BCUT2D eigenvalue weighted by Gasteiger charge is 2.27. The molecule has 0 radical (unpaired) electrons. The summed E-state index contributed by atoms with van der Waals surface area (Å²) in [6.45, 7) is 1.30. The summed E-state index contributed by atoms with van der Waals surface area (Å²) in [7, 11) is 5.93. The van der Waals surface area contributed by atoms with Gasteiger partial charge in [-0.15, -0.1) is 0 Å². The highest BCUT2D eigenvalue weighted by molar-refractivity contribution is 14.1. The predicted molar refractivity (Wildman–Crippen MR) is 124 cm³/mol. The van der Waals surface area contributed by atoms with E-state index >= 15 is 0 Å². The topological polar surface area (TPSA) is 102 Å². The molecule has 168 valence electrons. The Hall–Kier alpha value is -3.28. The predicted octanol–water partition coefficient (Wildman–Crippen LogP) is 3.60. The molecule has 0 saturated carbocycles. The quantitative estimate of drug-likeness (QED) is 0.222. The van der Waals surface area contributed by atoms with Gasteiger partial charge in [0.1, 0.15) is 0 Å². The van der Waals surface area contributed by atoms with Gasteiger partial charge in [-0.1, -0.05) is 0 Å². The number of cyclic esters (lactones) is 1. The number of hydrogen-bond donors (Lipinski definition) is 0. The lowest BCUT2D eigenvalue weighted by atomic mass is 10.1. The van der Waals surface area contributed by atoms with Crippen molar-refractivity contribution in [3.63, 3.8) is 0 Å². The van der Waals surface area contributed by atoms with Gasteiger partial charge >= 0.3 is 11.9 Å². The Labute approximate surface area is 198 Å². The van der Waals surface area contributed by atoms with Gasteiger partial charge in [-0.05, 0) is 58.5 Å². The smallest absolute Gasteiger partial charge is 0.363 e. The van der Waals surface area contributed by atoms with Gasteiger partial charge in [0.05, 0.1) is 32.0 Å². The van der Waals surface area contributed by atoms with Crippen molar-refractivity contribution < 1.29 is 38.0 Å². The number of esters is 2. The van der Waals surface area contributed by atoms with Crippen LogP contribution >= 0.6 is 22.6 Å². The average molecular weight is 553 g/mol. The molecule has 0 saturated heterocycles. The third kappa shape index (κ3) is 4.79. The lowest BCUT2D eigenvalue weighted by Crippen LogP contribution is -2.07. The highest BCUT2D eigenvalue weighted by Crippen LogP contribution is 2.39. The zero-order valence-electron chi connectivity index (χ0n) is 18.0. The van der Waals surface area contributed by atoms with Gasteiger partial charge in [0.15, 0.2) is 28.7 Å². The van der Waals surface area contributed by atoms with E-state index in [2.05, 4.69) is 4.99 Å². The van der Waals surface area contributed by atoms with E-state index < -0.39 is 11.9 Å². The van der Waals surface area contributed by atoms with Gasteiger partial charge in [0.25, 0.3) is 0 Å². The van der Waals surface area contributed by atoms with Gasteiger partial charge in [-0.25, -0.2) is 9.79 Å². The third-order valence-corrected chi connectivity index (χ3v) is 5.13. The van der Waals surface area contributed by atoms with Crippen molar-refractivity contribution in [1.29, 1.82) is 0 Å². The summed E-state index contributed by atoms with van der Waals surface area (Å²) in [5.41, 5.74) is 1.18. The average Bonchev–Trinajstić information content (AvgIpc) is 3.14. The summed E-state index contributed by atoms with van der Waals surface area (Å²) < 4.78 is 32.5. The van der Waals surface area contributed by atoms with Gasteiger partial charge in [-0.2, -0.15) is 0 Å². The van der Waals surface area contributed by atoms with Crippen LogP contribution in [0.1, 0.15) is 18.1 Å². The van der Waals surface area contributed by atoms with Crippen molar-refractivity contribution in [3.8, 4) is 28.7 Å². The summed E-state index contributed by atoms with van der Waals surface area (Å²) in [6.07, 6.45) is 1.55. The first-order valence-electron chi connectivity index (χ1n) is 9.20. The summed E-state index contributed by atoms with van der Waals surface area (Å²) in [5, 5.41) is 0. The molecular weight excluding hydrogens is 533 g/mol. The minimum Gasteiger partial charge on any atom is -0.493 e. The number of nitrogens with zero attached hydrogens (tertiary/aromatic N) is 1. The Morgan fingerprint density at radius 1 is 0.938 bits per heavy atom. The maximum atomic E-state index is 12.5. The van der Waals surface area contributed by atoms with Crippen LogP contribution in [0.5, 0.6) is 28.7 Å². The van der Waals surface area contributed by atoms with E-state index in [1.165, 1.54) is 35.4 Å². The minimum absolute atomic E-state index is 0.0897. The number of carbonyl (C=O) groups is 2. The van der Waals surface area contributed by atoms with Crippen molar-refractivity contribution in [1.82, 2.24) is 0 Å².